The molecule has 2 aromatic rings. The average Bonchev–Trinajstić information content (AvgIpc) is 2.72. The number of hydrogen-bond acceptors (Lipinski definition) is 3. The Balaban J connectivity index is 0.00000300. The van der Waals surface area contributed by atoms with Crippen LogP contribution in [-0.2, 0) is 0 Å². The van der Waals surface area contributed by atoms with Crippen LogP contribution >= 0.6 is 24.0 Å². The molecule has 1 fully saturated rings. The molecule has 2 N–H and O–H groups in total. The number of rotatable bonds is 6. The van der Waals surface area contributed by atoms with E-state index in [0.29, 0.717) is 6.54 Å². The van der Waals surface area contributed by atoms with E-state index in [2.05, 4.69) is 17.1 Å². The number of likely N-dealkylation sites (tertiary alicyclic amines) is 1. The lowest BCUT2D eigenvalue weighted by Crippen LogP contribution is -2.47. The minimum absolute atomic E-state index is 0. The van der Waals surface area contributed by atoms with E-state index < -0.39 is 6.10 Å². The van der Waals surface area contributed by atoms with Gasteiger partial charge in [0.25, 0.3) is 0 Å². The number of aliphatic hydroxyl groups is 1. The molecule has 0 aliphatic carbocycles. The molecule has 5 nitrogen and oxygen atoms in total. The Morgan fingerprint density at radius 3 is 2.55 bits per heavy atom. The Labute approximate surface area is 191 Å². The minimum Gasteiger partial charge on any atom is -0.490 e. The first kappa shape index (κ1) is 23.5. The second-order valence-electron chi connectivity index (χ2n) is 7.24. The molecule has 158 valence electrons. The van der Waals surface area contributed by atoms with Crippen LogP contribution in [0.25, 0.3) is 0 Å². The van der Waals surface area contributed by atoms with Gasteiger partial charge in [0.15, 0.2) is 5.96 Å². The maximum Gasteiger partial charge on any atom is 0.194 e. The molecule has 0 radical (unpaired) electrons. The van der Waals surface area contributed by atoms with Crippen LogP contribution in [0.4, 0.5) is 0 Å². The number of guanidine groups is 1. The SMILES string of the molecule is CCNC(=NCC(O)c1cccc(C)c1)N1CCC(Oc2ccccc2)CC1.I. The number of para-hydroxylation sites is 1. The number of aliphatic imine (C=N–C) groups is 1. The van der Waals surface area contributed by atoms with Crippen molar-refractivity contribution in [2.24, 2.45) is 4.99 Å². The lowest BCUT2D eigenvalue weighted by atomic mass is 10.1. The van der Waals surface area contributed by atoms with E-state index >= 15 is 0 Å². The standard InChI is InChI=1S/C23H31N3O2.HI/c1-3-24-23(25-17-22(27)19-9-7-8-18(2)16-19)26-14-12-21(13-15-26)28-20-10-5-4-6-11-20;/h4-11,16,21-22,27H,3,12-15,17H2,1-2H3,(H,24,25);1H. The fourth-order valence-corrected chi connectivity index (χ4v) is 3.46. The topological polar surface area (TPSA) is 57.1 Å². The second-order valence-corrected chi connectivity index (χ2v) is 7.24. The minimum atomic E-state index is -0.590. The molecule has 0 spiro atoms. The predicted octanol–water partition coefficient (Wildman–Crippen LogP) is 4.16. The Bertz CT molecular complexity index is 762. The van der Waals surface area contributed by atoms with Gasteiger partial charge in [-0.3, -0.25) is 4.99 Å². The van der Waals surface area contributed by atoms with Gasteiger partial charge < -0.3 is 20.1 Å². The molecule has 1 aliphatic heterocycles. The van der Waals surface area contributed by atoms with Crippen LogP contribution in [0.2, 0.25) is 0 Å². The summed E-state index contributed by atoms with van der Waals surface area (Å²) in [7, 11) is 0. The van der Waals surface area contributed by atoms with Crippen LogP contribution in [0.3, 0.4) is 0 Å². The molecule has 0 aromatic heterocycles. The molecule has 1 atom stereocenters. The van der Waals surface area contributed by atoms with Crippen molar-refractivity contribution in [1.82, 2.24) is 10.2 Å². The zero-order valence-electron chi connectivity index (χ0n) is 17.3. The van der Waals surface area contributed by atoms with Crippen molar-refractivity contribution in [3.8, 4) is 5.75 Å². The van der Waals surface area contributed by atoms with E-state index in [1.807, 2.05) is 61.5 Å². The van der Waals surface area contributed by atoms with Gasteiger partial charge in [0.2, 0.25) is 0 Å². The molecule has 1 saturated heterocycles. The van der Waals surface area contributed by atoms with Crippen molar-refractivity contribution in [3.63, 3.8) is 0 Å². The van der Waals surface area contributed by atoms with Gasteiger partial charge in [-0.15, -0.1) is 24.0 Å². The Morgan fingerprint density at radius 1 is 1.17 bits per heavy atom. The highest BCUT2D eigenvalue weighted by Gasteiger charge is 2.23. The zero-order valence-corrected chi connectivity index (χ0v) is 19.6. The van der Waals surface area contributed by atoms with Crippen molar-refractivity contribution in [3.05, 3.63) is 65.7 Å². The highest BCUT2D eigenvalue weighted by molar-refractivity contribution is 14.0. The van der Waals surface area contributed by atoms with Crippen LogP contribution in [0, 0.1) is 6.92 Å². The first-order valence-corrected chi connectivity index (χ1v) is 10.2. The Hall–Kier alpha value is -1.80. The van der Waals surface area contributed by atoms with E-state index in [4.69, 9.17) is 9.73 Å². The van der Waals surface area contributed by atoms with Gasteiger partial charge in [-0.05, 0) is 31.5 Å². The van der Waals surface area contributed by atoms with E-state index in [9.17, 15) is 5.11 Å². The maximum atomic E-state index is 10.5. The number of halogens is 1. The number of aryl methyl sites for hydroxylation is 1. The van der Waals surface area contributed by atoms with Crippen LogP contribution in [0.15, 0.2) is 59.6 Å². The zero-order chi connectivity index (χ0) is 19.8. The van der Waals surface area contributed by atoms with Crippen molar-refractivity contribution in [2.75, 3.05) is 26.2 Å². The first-order valence-electron chi connectivity index (χ1n) is 10.2. The quantitative estimate of drug-likeness (QED) is 0.349. The van der Waals surface area contributed by atoms with Gasteiger partial charge in [0, 0.05) is 32.5 Å². The number of ether oxygens (including phenoxy) is 1. The van der Waals surface area contributed by atoms with E-state index in [1.165, 1.54) is 0 Å². The summed E-state index contributed by atoms with van der Waals surface area (Å²) in [5.41, 5.74) is 2.06. The fourth-order valence-electron chi connectivity index (χ4n) is 3.46. The summed E-state index contributed by atoms with van der Waals surface area (Å²) >= 11 is 0. The second kappa shape index (κ2) is 12.0. The number of aliphatic hydroxyl groups excluding tert-OH is 1. The molecular formula is C23H32IN3O2. The highest BCUT2D eigenvalue weighted by Crippen LogP contribution is 2.19. The summed E-state index contributed by atoms with van der Waals surface area (Å²) in [5.74, 6) is 1.80. The smallest absolute Gasteiger partial charge is 0.194 e. The molecule has 1 unspecified atom stereocenters. The van der Waals surface area contributed by atoms with Gasteiger partial charge >= 0.3 is 0 Å². The Kier molecular flexibility index (Phi) is 9.73. The Morgan fingerprint density at radius 2 is 1.90 bits per heavy atom. The first-order chi connectivity index (χ1) is 13.7. The molecule has 3 rings (SSSR count). The van der Waals surface area contributed by atoms with Gasteiger partial charge in [0.1, 0.15) is 11.9 Å². The molecule has 1 heterocycles. The van der Waals surface area contributed by atoms with Crippen LogP contribution in [0.5, 0.6) is 5.75 Å². The van der Waals surface area contributed by atoms with Gasteiger partial charge in [0.05, 0.1) is 12.6 Å². The summed E-state index contributed by atoms with van der Waals surface area (Å²) in [6.07, 6.45) is 1.56. The van der Waals surface area contributed by atoms with Crippen LogP contribution < -0.4 is 10.1 Å². The van der Waals surface area contributed by atoms with E-state index in [0.717, 1.165) is 55.3 Å². The van der Waals surface area contributed by atoms with Gasteiger partial charge in [-0.25, -0.2) is 0 Å². The number of hydrogen-bond donors (Lipinski definition) is 2. The highest BCUT2D eigenvalue weighted by atomic mass is 127. The number of nitrogens with zero attached hydrogens (tertiary/aromatic N) is 2. The summed E-state index contributed by atoms with van der Waals surface area (Å²) in [6.45, 7) is 7.04. The largest absolute Gasteiger partial charge is 0.490 e. The van der Waals surface area contributed by atoms with Crippen molar-refractivity contribution in [1.29, 1.82) is 0 Å². The number of piperidine rings is 1. The number of nitrogens with one attached hydrogen (secondary N) is 1. The predicted molar refractivity (Wildman–Crippen MR) is 129 cm³/mol. The maximum absolute atomic E-state index is 10.5. The monoisotopic (exact) mass is 509 g/mol. The molecule has 1 aliphatic rings. The molecule has 0 amide bonds. The van der Waals surface area contributed by atoms with Crippen molar-refractivity contribution >= 4 is 29.9 Å². The van der Waals surface area contributed by atoms with Crippen molar-refractivity contribution < 1.29 is 9.84 Å². The molecule has 29 heavy (non-hydrogen) atoms. The van der Waals surface area contributed by atoms with E-state index in [1.54, 1.807) is 0 Å². The summed E-state index contributed by atoms with van der Waals surface area (Å²) in [5, 5.41) is 13.9. The average molecular weight is 509 g/mol. The lowest BCUT2D eigenvalue weighted by molar-refractivity contribution is 0.129. The molecule has 0 saturated carbocycles. The van der Waals surface area contributed by atoms with E-state index in [-0.39, 0.29) is 30.1 Å². The van der Waals surface area contributed by atoms with Crippen LogP contribution in [-0.4, -0.2) is 48.2 Å². The third-order valence-electron chi connectivity index (χ3n) is 4.96. The summed E-state index contributed by atoms with van der Waals surface area (Å²) in [4.78, 5) is 6.95. The van der Waals surface area contributed by atoms with Gasteiger partial charge in [-0.2, -0.15) is 0 Å². The molecule has 2 aromatic carbocycles. The molecular weight excluding hydrogens is 477 g/mol. The lowest BCUT2D eigenvalue weighted by Gasteiger charge is -2.34. The third-order valence-corrected chi connectivity index (χ3v) is 4.96. The van der Waals surface area contributed by atoms with Gasteiger partial charge in [-0.1, -0.05) is 48.0 Å². The summed E-state index contributed by atoms with van der Waals surface area (Å²) < 4.78 is 6.08. The fraction of sp³-hybridized carbons (Fsp3) is 0.435. The third kappa shape index (κ3) is 7.19. The molecule has 0 bridgehead atoms. The van der Waals surface area contributed by atoms with Crippen LogP contribution in [0.1, 0.15) is 37.0 Å². The number of benzene rings is 2. The van der Waals surface area contributed by atoms with Crippen molar-refractivity contribution in [2.45, 2.75) is 38.9 Å². The molecule has 6 heteroatoms. The normalized spacial score (nSPS) is 16.1. The summed E-state index contributed by atoms with van der Waals surface area (Å²) in [6, 6.07) is 18.0.